The van der Waals surface area contributed by atoms with Crippen LogP contribution >= 0.6 is 11.3 Å². The van der Waals surface area contributed by atoms with Crippen LogP contribution in [-0.4, -0.2) is 39.6 Å². The fraction of sp³-hybridized carbons (Fsp3) is 0.545. The molecule has 1 rings (SSSR count). The number of nitrogens with zero attached hydrogens (tertiary/aromatic N) is 2. The second-order valence-electron chi connectivity index (χ2n) is 3.97. The molecule has 0 bridgehead atoms. The van der Waals surface area contributed by atoms with Gasteiger partial charge in [-0.3, -0.25) is 0 Å². The summed E-state index contributed by atoms with van der Waals surface area (Å²) in [6.07, 6.45) is 0. The molecule has 0 aliphatic carbocycles. The molecule has 0 aromatic carbocycles. The Labute approximate surface area is 110 Å². The Hall–Kier alpha value is -1.63. The Kier molecular flexibility index (Phi) is 5.08. The third kappa shape index (κ3) is 3.69. The smallest absolute Gasteiger partial charge is 0.355 e. The summed E-state index contributed by atoms with van der Waals surface area (Å²) < 4.78 is 0. The van der Waals surface area contributed by atoms with Crippen molar-refractivity contribution >= 4 is 23.3 Å². The van der Waals surface area contributed by atoms with Crippen LogP contribution in [0.4, 0.5) is 4.79 Å². The minimum absolute atomic E-state index is 0.0143. The van der Waals surface area contributed by atoms with Crippen molar-refractivity contribution in [3.8, 4) is 0 Å². The number of aromatic nitrogens is 1. The topological polar surface area (TPSA) is 82.5 Å². The van der Waals surface area contributed by atoms with Gasteiger partial charge in [0.2, 0.25) is 0 Å². The third-order valence-electron chi connectivity index (χ3n) is 2.39. The SMILES string of the molecule is CCN(C(=O)NCc1nc(C(=O)O)cs1)C(C)C. The number of thiazole rings is 1. The van der Waals surface area contributed by atoms with E-state index in [2.05, 4.69) is 10.3 Å². The van der Waals surface area contributed by atoms with E-state index in [-0.39, 0.29) is 24.3 Å². The van der Waals surface area contributed by atoms with E-state index in [1.807, 2.05) is 20.8 Å². The first-order valence-corrected chi connectivity index (χ1v) is 6.55. The highest BCUT2D eigenvalue weighted by Gasteiger charge is 2.15. The Morgan fingerprint density at radius 2 is 2.22 bits per heavy atom. The Balaban J connectivity index is 2.53. The van der Waals surface area contributed by atoms with Crippen molar-refractivity contribution < 1.29 is 14.7 Å². The largest absolute Gasteiger partial charge is 0.476 e. The van der Waals surface area contributed by atoms with Gasteiger partial charge in [0, 0.05) is 18.0 Å². The summed E-state index contributed by atoms with van der Waals surface area (Å²) in [5.74, 6) is -1.05. The number of carbonyl (C=O) groups is 2. The lowest BCUT2D eigenvalue weighted by Gasteiger charge is -2.25. The number of rotatable bonds is 5. The zero-order valence-corrected chi connectivity index (χ0v) is 11.5. The van der Waals surface area contributed by atoms with Crippen LogP contribution in [0.15, 0.2) is 5.38 Å². The van der Waals surface area contributed by atoms with Crippen molar-refractivity contribution in [3.05, 3.63) is 16.1 Å². The summed E-state index contributed by atoms with van der Waals surface area (Å²) in [5, 5.41) is 13.5. The van der Waals surface area contributed by atoms with Crippen molar-refractivity contribution in [2.75, 3.05) is 6.54 Å². The third-order valence-corrected chi connectivity index (χ3v) is 3.24. The van der Waals surface area contributed by atoms with E-state index in [1.54, 1.807) is 4.90 Å². The van der Waals surface area contributed by atoms with Gasteiger partial charge in [-0.2, -0.15) is 0 Å². The van der Waals surface area contributed by atoms with Crippen molar-refractivity contribution in [1.82, 2.24) is 15.2 Å². The first-order chi connectivity index (χ1) is 8.45. The maximum absolute atomic E-state index is 11.8. The van der Waals surface area contributed by atoms with Crippen LogP contribution in [0.1, 0.15) is 36.3 Å². The Bertz CT molecular complexity index is 431. The van der Waals surface area contributed by atoms with Gasteiger partial charge in [0.05, 0.1) is 6.54 Å². The standard InChI is InChI=1S/C11H17N3O3S/c1-4-14(7(2)3)11(17)12-5-9-13-8(6-18-9)10(15)16/h6-7H,4-5H2,1-3H3,(H,12,17)(H,15,16). The number of carboxylic acid groups (broad SMARTS) is 1. The molecule has 2 N–H and O–H groups in total. The molecule has 1 aromatic heterocycles. The fourth-order valence-electron chi connectivity index (χ4n) is 1.49. The first kappa shape index (κ1) is 14.4. The van der Waals surface area contributed by atoms with Crippen LogP contribution in [0, 0.1) is 0 Å². The average molecular weight is 271 g/mol. The fourth-order valence-corrected chi connectivity index (χ4v) is 2.19. The zero-order chi connectivity index (χ0) is 13.7. The van der Waals surface area contributed by atoms with Crippen molar-refractivity contribution in [3.63, 3.8) is 0 Å². The van der Waals surface area contributed by atoms with Gasteiger partial charge in [-0.25, -0.2) is 14.6 Å². The number of carbonyl (C=O) groups excluding carboxylic acids is 1. The van der Waals surface area contributed by atoms with Crippen molar-refractivity contribution in [2.24, 2.45) is 0 Å². The average Bonchev–Trinajstić information content (AvgIpc) is 2.75. The first-order valence-electron chi connectivity index (χ1n) is 5.67. The minimum Gasteiger partial charge on any atom is -0.476 e. The molecule has 0 unspecified atom stereocenters. The monoisotopic (exact) mass is 271 g/mol. The van der Waals surface area contributed by atoms with Gasteiger partial charge >= 0.3 is 12.0 Å². The van der Waals surface area contributed by atoms with Crippen LogP contribution in [-0.2, 0) is 6.54 Å². The van der Waals surface area contributed by atoms with Gasteiger partial charge in [-0.15, -0.1) is 11.3 Å². The molecular weight excluding hydrogens is 254 g/mol. The maximum Gasteiger partial charge on any atom is 0.355 e. The zero-order valence-electron chi connectivity index (χ0n) is 10.6. The predicted molar refractivity (Wildman–Crippen MR) is 68.8 cm³/mol. The van der Waals surface area contributed by atoms with Gasteiger partial charge in [0.15, 0.2) is 5.69 Å². The summed E-state index contributed by atoms with van der Waals surface area (Å²) in [4.78, 5) is 28.0. The predicted octanol–water partition coefficient (Wildman–Crippen LogP) is 1.78. The van der Waals surface area contributed by atoms with E-state index in [0.717, 1.165) is 0 Å². The van der Waals surface area contributed by atoms with Gasteiger partial charge in [-0.1, -0.05) is 0 Å². The minimum atomic E-state index is -1.05. The summed E-state index contributed by atoms with van der Waals surface area (Å²) in [6, 6.07) is -0.0412. The number of nitrogens with one attached hydrogen (secondary N) is 1. The number of hydrogen-bond donors (Lipinski definition) is 2. The van der Waals surface area contributed by atoms with Gasteiger partial charge in [-0.05, 0) is 20.8 Å². The Morgan fingerprint density at radius 3 is 2.67 bits per heavy atom. The quantitative estimate of drug-likeness (QED) is 0.855. The lowest BCUT2D eigenvalue weighted by molar-refractivity contribution is 0.0691. The summed E-state index contributed by atoms with van der Waals surface area (Å²) in [7, 11) is 0. The van der Waals surface area contributed by atoms with E-state index in [4.69, 9.17) is 5.11 Å². The molecule has 7 heteroatoms. The number of hydrogen-bond acceptors (Lipinski definition) is 4. The molecule has 18 heavy (non-hydrogen) atoms. The van der Waals surface area contributed by atoms with Gasteiger partial charge in [0.25, 0.3) is 0 Å². The molecule has 100 valence electrons. The number of amides is 2. The highest BCUT2D eigenvalue weighted by atomic mass is 32.1. The second kappa shape index (κ2) is 6.34. The van der Waals surface area contributed by atoms with Gasteiger partial charge in [0.1, 0.15) is 5.01 Å². The van der Waals surface area contributed by atoms with E-state index in [0.29, 0.717) is 11.6 Å². The van der Waals surface area contributed by atoms with Crippen LogP contribution in [0.5, 0.6) is 0 Å². The molecule has 0 radical (unpaired) electrons. The van der Waals surface area contributed by atoms with E-state index in [9.17, 15) is 9.59 Å². The molecule has 0 saturated heterocycles. The highest BCUT2D eigenvalue weighted by Crippen LogP contribution is 2.09. The summed E-state index contributed by atoms with van der Waals surface area (Å²) in [6.45, 7) is 6.66. The van der Waals surface area contributed by atoms with Crippen molar-refractivity contribution in [1.29, 1.82) is 0 Å². The van der Waals surface area contributed by atoms with Crippen LogP contribution in [0.2, 0.25) is 0 Å². The van der Waals surface area contributed by atoms with E-state index >= 15 is 0 Å². The molecule has 0 aliphatic heterocycles. The van der Waals surface area contributed by atoms with E-state index in [1.165, 1.54) is 16.7 Å². The van der Waals surface area contributed by atoms with Gasteiger partial charge < -0.3 is 15.3 Å². The molecule has 1 aromatic rings. The normalized spacial score (nSPS) is 10.4. The molecule has 0 aliphatic rings. The highest BCUT2D eigenvalue weighted by molar-refractivity contribution is 7.09. The molecule has 2 amide bonds. The summed E-state index contributed by atoms with van der Waals surface area (Å²) in [5.41, 5.74) is 0.0143. The summed E-state index contributed by atoms with van der Waals surface area (Å²) >= 11 is 1.22. The Morgan fingerprint density at radius 1 is 1.56 bits per heavy atom. The molecule has 0 atom stereocenters. The van der Waals surface area contributed by atoms with Crippen LogP contribution in [0.25, 0.3) is 0 Å². The number of carboxylic acids is 1. The molecule has 0 saturated carbocycles. The van der Waals surface area contributed by atoms with E-state index < -0.39 is 5.97 Å². The maximum atomic E-state index is 11.8. The molecule has 1 heterocycles. The molecule has 0 fully saturated rings. The number of urea groups is 1. The molecular formula is C11H17N3O3S. The molecule has 6 nitrogen and oxygen atoms in total. The molecule has 0 spiro atoms. The lowest BCUT2D eigenvalue weighted by atomic mass is 10.3. The van der Waals surface area contributed by atoms with Crippen LogP contribution in [0.3, 0.4) is 0 Å². The second-order valence-corrected chi connectivity index (χ2v) is 4.91. The number of aromatic carboxylic acids is 1. The van der Waals surface area contributed by atoms with Crippen molar-refractivity contribution in [2.45, 2.75) is 33.4 Å². The lowest BCUT2D eigenvalue weighted by Crippen LogP contribution is -2.43. The van der Waals surface area contributed by atoms with Crippen LogP contribution < -0.4 is 5.32 Å².